The highest BCUT2D eigenvalue weighted by Gasteiger charge is 2.16. The Morgan fingerprint density at radius 1 is 0.955 bits per heavy atom. The number of nitrogens with one attached hydrogen (secondary N) is 1. The minimum Gasteiger partial charge on any atom is -0.322 e. The third kappa shape index (κ3) is 4.59. The molecule has 22 heavy (non-hydrogen) atoms. The zero-order chi connectivity index (χ0) is 16.2. The number of hydrogen-bond donors (Lipinski definition) is 1. The van der Waals surface area contributed by atoms with Crippen LogP contribution in [0.2, 0.25) is 0 Å². The van der Waals surface area contributed by atoms with E-state index in [0.29, 0.717) is 5.57 Å². The summed E-state index contributed by atoms with van der Waals surface area (Å²) < 4.78 is 0. The van der Waals surface area contributed by atoms with E-state index in [1.807, 2.05) is 67.6 Å². The van der Waals surface area contributed by atoms with Gasteiger partial charge in [0.05, 0.1) is 0 Å². The summed E-state index contributed by atoms with van der Waals surface area (Å²) >= 11 is 0. The Hall–Kier alpha value is -2.35. The van der Waals surface area contributed by atoms with Crippen LogP contribution in [0.3, 0.4) is 0 Å². The van der Waals surface area contributed by atoms with Crippen LogP contribution in [-0.4, -0.2) is 5.91 Å². The Labute approximate surface area is 132 Å². The van der Waals surface area contributed by atoms with Crippen LogP contribution >= 0.6 is 0 Å². The average Bonchev–Trinajstić information content (AvgIpc) is 2.47. The lowest BCUT2D eigenvalue weighted by Gasteiger charge is -2.17. The van der Waals surface area contributed by atoms with Crippen molar-refractivity contribution in [2.45, 2.75) is 27.7 Å². The molecule has 0 heterocycles. The number of benzene rings is 2. The first-order valence-corrected chi connectivity index (χ1v) is 7.51. The van der Waals surface area contributed by atoms with E-state index in [-0.39, 0.29) is 11.3 Å². The van der Waals surface area contributed by atoms with E-state index < -0.39 is 0 Å². The smallest absolute Gasteiger partial charge is 0.255 e. The zero-order valence-corrected chi connectivity index (χ0v) is 13.7. The van der Waals surface area contributed by atoms with Crippen molar-refractivity contribution in [1.82, 2.24) is 0 Å². The van der Waals surface area contributed by atoms with Gasteiger partial charge in [0.1, 0.15) is 0 Å². The van der Waals surface area contributed by atoms with Gasteiger partial charge in [0.2, 0.25) is 0 Å². The molecule has 1 amide bonds. The summed E-state index contributed by atoms with van der Waals surface area (Å²) in [4.78, 5) is 12.7. The van der Waals surface area contributed by atoms with Gasteiger partial charge < -0.3 is 5.32 Å². The normalized spacial score (nSPS) is 12.1. The standard InChI is InChI=1S/C20H23NO/c1-15-10-12-17(13-11-15)21-19(22)18(14-20(2,3)4)16-8-6-5-7-9-16/h5-14H,1-4H3,(H,21,22). The van der Waals surface area contributed by atoms with Gasteiger partial charge in [-0.3, -0.25) is 4.79 Å². The summed E-state index contributed by atoms with van der Waals surface area (Å²) in [5.74, 6) is -0.0787. The topological polar surface area (TPSA) is 29.1 Å². The predicted octanol–water partition coefficient (Wildman–Crippen LogP) is 5.06. The molecule has 0 spiro atoms. The van der Waals surface area contributed by atoms with Crippen molar-refractivity contribution in [2.75, 3.05) is 5.32 Å². The number of carbonyl (C=O) groups excluding carboxylic acids is 1. The summed E-state index contributed by atoms with van der Waals surface area (Å²) in [6.07, 6.45) is 2.02. The first kappa shape index (κ1) is 16.0. The van der Waals surface area contributed by atoms with Crippen molar-refractivity contribution in [3.05, 3.63) is 71.8 Å². The third-order valence-electron chi connectivity index (χ3n) is 3.22. The number of carbonyl (C=O) groups is 1. The lowest BCUT2D eigenvalue weighted by atomic mass is 9.90. The molecule has 0 saturated carbocycles. The highest BCUT2D eigenvalue weighted by atomic mass is 16.1. The van der Waals surface area contributed by atoms with Crippen LogP contribution in [-0.2, 0) is 4.79 Å². The van der Waals surface area contributed by atoms with Gasteiger partial charge in [-0.05, 0) is 30.0 Å². The number of hydrogen-bond acceptors (Lipinski definition) is 1. The van der Waals surface area contributed by atoms with Crippen LogP contribution in [0, 0.1) is 12.3 Å². The Bertz CT molecular complexity index is 661. The van der Waals surface area contributed by atoms with Crippen LogP contribution in [0.15, 0.2) is 60.7 Å². The molecule has 2 aromatic rings. The number of allylic oxidation sites excluding steroid dienone is 1. The van der Waals surface area contributed by atoms with E-state index >= 15 is 0 Å². The fourth-order valence-electron chi connectivity index (χ4n) is 2.17. The van der Waals surface area contributed by atoms with Crippen molar-refractivity contribution in [1.29, 1.82) is 0 Å². The molecule has 0 unspecified atom stereocenters. The Balaban J connectivity index is 2.31. The quantitative estimate of drug-likeness (QED) is 0.787. The molecule has 0 saturated heterocycles. The molecule has 1 N–H and O–H groups in total. The van der Waals surface area contributed by atoms with E-state index in [9.17, 15) is 4.79 Å². The van der Waals surface area contributed by atoms with Crippen molar-refractivity contribution in [2.24, 2.45) is 5.41 Å². The minimum atomic E-state index is -0.0787. The van der Waals surface area contributed by atoms with E-state index in [2.05, 4.69) is 26.1 Å². The zero-order valence-electron chi connectivity index (χ0n) is 13.7. The second-order valence-electron chi connectivity index (χ2n) is 6.61. The summed E-state index contributed by atoms with van der Waals surface area (Å²) in [6, 6.07) is 17.6. The van der Waals surface area contributed by atoms with Crippen molar-refractivity contribution in [3.63, 3.8) is 0 Å². The second kappa shape index (κ2) is 6.61. The molecular weight excluding hydrogens is 270 g/mol. The largest absolute Gasteiger partial charge is 0.322 e. The van der Waals surface area contributed by atoms with E-state index in [0.717, 1.165) is 11.3 Å². The number of aryl methyl sites for hydroxylation is 1. The first-order chi connectivity index (χ1) is 10.3. The van der Waals surface area contributed by atoms with Crippen molar-refractivity contribution < 1.29 is 4.79 Å². The minimum absolute atomic E-state index is 0.0736. The van der Waals surface area contributed by atoms with Crippen LogP contribution in [0.1, 0.15) is 31.9 Å². The SMILES string of the molecule is Cc1ccc(NC(=O)C(=CC(C)(C)C)c2ccccc2)cc1. The Morgan fingerprint density at radius 3 is 2.09 bits per heavy atom. The molecule has 0 aliphatic rings. The maximum atomic E-state index is 12.7. The van der Waals surface area contributed by atoms with Gasteiger partial charge in [0.15, 0.2) is 0 Å². The molecule has 0 aliphatic carbocycles. The molecule has 0 aromatic heterocycles. The molecule has 0 aliphatic heterocycles. The summed E-state index contributed by atoms with van der Waals surface area (Å²) in [7, 11) is 0. The van der Waals surface area contributed by atoms with Crippen LogP contribution in [0.25, 0.3) is 5.57 Å². The Morgan fingerprint density at radius 2 is 1.55 bits per heavy atom. The monoisotopic (exact) mass is 293 g/mol. The molecule has 0 atom stereocenters. The first-order valence-electron chi connectivity index (χ1n) is 7.51. The molecule has 2 aromatic carbocycles. The Kier molecular flexibility index (Phi) is 4.81. The van der Waals surface area contributed by atoms with Gasteiger partial charge >= 0.3 is 0 Å². The van der Waals surface area contributed by atoms with Gasteiger partial charge in [-0.15, -0.1) is 0 Å². The lowest BCUT2D eigenvalue weighted by molar-refractivity contribution is -0.111. The van der Waals surface area contributed by atoms with E-state index in [1.165, 1.54) is 5.56 Å². The van der Waals surface area contributed by atoms with Crippen LogP contribution < -0.4 is 5.32 Å². The van der Waals surface area contributed by atoms with E-state index in [4.69, 9.17) is 0 Å². The van der Waals surface area contributed by atoms with Crippen molar-refractivity contribution >= 4 is 17.2 Å². The molecule has 0 radical (unpaired) electrons. The maximum absolute atomic E-state index is 12.7. The number of amides is 1. The van der Waals surface area contributed by atoms with Gasteiger partial charge in [-0.1, -0.05) is 74.9 Å². The molecule has 2 rings (SSSR count). The lowest BCUT2D eigenvalue weighted by Crippen LogP contribution is -2.16. The maximum Gasteiger partial charge on any atom is 0.255 e. The van der Waals surface area contributed by atoms with E-state index in [1.54, 1.807) is 0 Å². The van der Waals surface area contributed by atoms with Crippen molar-refractivity contribution in [3.8, 4) is 0 Å². The van der Waals surface area contributed by atoms with Gasteiger partial charge in [0, 0.05) is 11.3 Å². The van der Waals surface area contributed by atoms with Gasteiger partial charge in [-0.25, -0.2) is 0 Å². The molecular formula is C20H23NO. The second-order valence-corrected chi connectivity index (χ2v) is 6.61. The highest BCUT2D eigenvalue weighted by Crippen LogP contribution is 2.25. The van der Waals surface area contributed by atoms with Crippen LogP contribution in [0.4, 0.5) is 5.69 Å². The summed E-state index contributed by atoms with van der Waals surface area (Å²) in [5, 5.41) is 2.98. The van der Waals surface area contributed by atoms with Gasteiger partial charge in [-0.2, -0.15) is 0 Å². The number of rotatable bonds is 3. The summed E-state index contributed by atoms with van der Waals surface area (Å²) in [5.41, 5.74) is 3.55. The van der Waals surface area contributed by atoms with Gasteiger partial charge in [0.25, 0.3) is 5.91 Å². The van der Waals surface area contributed by atoms with Crippen LogP contribution in [0.5, 0.6) is 0 Å². The fourth-order valence-corrected chi connectivity index (χ4v) is 2.17. The predicted molar refractivity (Wildman–Crippen MR) is 93.7 cm³/mol. The number of anilines is 1. The molecule has 2 heteroatoms. The highest BCUT2D eigenvalue weighted by molar-refractivity contribution is 6.25. The average molecular weight is 293 g/mol. The molecule has 0 bridgehead atoms. The third-order valence-corrected chi connectivity index (χ3v) is 3.22. The fraction of sp³-hybridized carbons (Fsp3) is 0.250. The molecule has 2 nitrogen and oxygen atoms in total. The molecule has 114 valence electrons. The summed E-state index contributed by atoms with van der Waals surface area (Å²) in [6.45, 7) is 8.31. The molecule has 0 fully saturated rings.